The van der Waals surface area contributed by atoms with Gasteiger partial charge in [0.25, 0.3) is 10.0 Å². The Balaban J connectivity index is 2.33. The lowest BCUT2D eigenvalue weighted by Crippen LogP contribution is -2.14. The van der Waals surface area contributed by atoms with Crippen molar-refractivity contribution in [2.24, 2.45) is 0 Å². The van der Waals surface area contributed by atoms with Crippen molar-refractivity contribution in [3.05, 3.63) is 41.1 Å². The van der Waals surface area contributed by atoms with Crippen LogP contribution in [-0.2, 0) is 10.0 Å². The zero-order chi connectivity index (χ0) is 14.8. The number of hydrogen-bond acceptors (Lipinski definition) is 5. The van der Waals surface area contributed by atoms with Crippen LogP contribution in [0.15, 0.2) is 46.0 Å². The molecule has 0 saturated heterocycles. The van der Waals surface area contributed by atoms with E-state index in [0.717, 1.165) is 0 Å². The van der Waals surface area contributed by atoms with E-state index >= 15 is 0 Å². The molecule has 1 aromatic heterocycles. The van der Waals surface area contributed by atoms with Gasteiger partial charge in [0, 0.05) is 22.9 Å². The number of nitrogens with two attached hydrogens (primary N) is 1. The Labute approximate surface area is 125 Å². The number of ether oxygens (including phenoxy) is 1. The average molecular weight is 358 g/mol. The number of rotatable bonds is 4. The molecular formula is C12H12BrN3O3S. The van der Waals surface area contributed by atoms with Gasteiger partial charge in [-0.05, 0) is 34.1 Å². The number of nitrogen functional groups attached to an aromatic ring is 1. The lowest BCUT2D eigenvalue weighted by atomic mass is 10.2. The Bertz CT molecular complexity index is 734. The van der Waals surface area contributed by atoms with Gasteiger partial charge < -0.3 is 10.5 Å². The molecule has 1 aromatic carbocycles. The fourth-order valence-corrected chi connectivity index (χ4v) is 3.10. The molecule has 0 saturated carbocycles. The molecule has 0 aliphatic rings. The maximum absolute atomic E-state index is 12.2. The van der Waals surface area contributed by atoms with Crippen LogP contribution in [0.1, 0.15) is 0 Å². The number of nitrogens with one attached hydrogen (secondary N) is 1. The summed E-state index contributed by atoms with van der Waals surface area (Å²) in [6, 6.07) is 6.15. The summed E-state index contributed by atoms with van der Waals surface area (Å²) in [6.07, 6.45) is 2.76. The van der Waals surface area contributed by atoms with Gasteiger partial charge in [-0.25, -0.2) is 8.42 Å². The van der Waals surface area contributed by atoms with Gasteiger partial charge in [0.15, 0.2) is 0 Å². The summed E-state index contributed by atoms with van der Waals surface area (Å²) in [6.45, 7) is 0. The molecule has 3 N–H and O–H groups in total. The normalized spacial score (nSPS) is 11.1. The molecule has 20 heavy (non-hydrogen) atoms. The van der Waals surface area contributed by atoms with E-state index in [9.17, 15) is 8.42 Å². The zero-order valence-corrected chi connectivity index (χ0v) is 12.9. The number of hydrogen-bond donors (Lipinski definition) is 2. The maximum Gasteiger partial charge on any atom is 0.263 e. The third-order valence-electron chi connectivity index (χ3n) is 2.49. The van der Waals surface area contributed by atoms with Crippen LogP contribution in [-0.4, -0.2) is 20.5 Å². The molecule has 6 nitrogen and oxygen atoms in total. The van der Waals surface area contributed by atoms with Crippen LogP contribution in [0.5, 0.6) is 5.75 Å². The van der Waals surface area contributed by atoms with E-state index in [1.165, 1.54) is 37.7 Å². The van der Waals surface area contributed by atoms with Crippen molar-refractivity contribution in [2.45, 2.75) is 4.90 Å². The first-order valence-electron chi connectivity index (χ1n) is 5.49. The molecule has 0 atom stereocenters. The molecule has 0 radical (unpaired) electrons. The number of sulfonamides is 1. The monoisotopic (exact) mass is 357 g/mol. The first-order chi connectivity index (χ1) is 9.42. The number of pyridine rings is 1. The van der Waals surface area contributed by atoms with Crippen molar-refractivity contribution in [2.75, 3.05) is 17.6 Å². The van der Waals surface area contributed by atoms with Gasteiger partial charge in [-0.15, -0.1) is 0 Å². The number of halogens is 1. The quantitative estimate of drug-likeness (QED) is 0.818. The first-order valence-corrected chi connectivity index (χ1v) is 7.77. The van der Waals surface area contributed by atoms with Gasteiger partial charge >= 0.3 is 0 Å². The highest BCUT2D eigenvalue weighted by Gasteiger charge is 2.16. The molecule has 8 heteroatoms. The summed E-state index contributed by atoms with van der Waals surface area (Å²) in [7, 11) is -2.24. The Hall–Kier alpha value is -1.80. The summed E-state index contributed by atoms with van der Waals surface area (Å²) in [5.41, 5.74) is 6.34. The lowest BCUT2D eigenvalue weighted by Gasteiger charge is -2.11. The van der Waals surface area contributed by atoms with Crippen molar-refractivity contribution >= 4 is 37.3 Å². The van der Waals surface area contributed by atoms with Gasteiger partial charge in [0.1, 0.15) is 10.6 Å². The second-order valence-electron chi connectivity index (χ2n) is 3.90. The Morgan fingerprint density at radius 2 is 2.05 bits per heavy atom. The number of nitrogens with zero attached hydrogens (tertiary/aromatic N) is 1. The van der Waals surface area contributed by atoms with Crippen molar-refractivity contribution in [1.82, 2.24) is 4.98 Å². The number of anilines is 2. The Morgan fingerprint density at radius 3 is 2.65 bits per heavy atom. The largest absolute Gasteiger partial charge is 0.497 e. The van der Waals surface area contributed by atoms with Crippen LogP contribution in [0, 0.1) is 0 Å². The van der Waals surface area contributed by atoms with Crippen molar-refractivity contribution in [3.8, 4) is 5.75 Å². The van der Waals surface area contributed by atoms with E-state index in [4.69, 9.17) is 10.5 Å². The topological polar surface area (TPSA) is 94.3 Å². The minimum absolute atomic E-state index is 0.0436. The van der Waals surface area contributed by atoms with E-state index < -0.39 is 10.0 Å². The van der Waals surface area contributed by atoms with Crippen LogP contribution in [0.25, 0.3) is 0 Å². The number of aromatic nitrogens is 1. The van der Waals surface area contributed by atoms with Crippen molar-refractivity contribution in [3.63, 3.8) is 0 Å². The highest BCUT2D eigenvalue weighted by atomic mass is 79.9. The third-order valence-corrected chi connectivity index (χ3v) is 4.26. The molecule has 0 unspecified atom stereocenters. The van der Waals surface area contributed by atoms with Gasteiger partial charge in [-0.2, -0.15) is 0 Å². The molecule has 1 heterocycles. The van der Waals surface area contributed by atoms with Crippen LogP contribution in [0.4, 0.5) is 11.4 Å². The molecule has 2 aromatic rings. The first kappa shape index (κ1) is 14.6. The fraction of sp³-hybridized carbons (Fsp3) is 0.0833. The molecule has 0 bridgehead atoms. The SMILES string of the molecule is COc1ccc(NS(=O)(=O)c2cncc(Br)c2)c(N)c1. The molecule has 0 fully saturated rings. The minimum Gasteiger partial charge on any atom is -0.497 e. The third kappa shape index (κ3) is 3.20. The number of methoxy groups -OCH3 is 1. The summed E-state index contributed by atoms with van der Waals surface area (Å²) in [4.78, 5) is 3.87. The Kier molecular flexibility index (Phi) is 4.15. The van der Waals surface area contributed by atoms with E-state index in [1.54, 1.807) is 6.07 Å². The molecular weight excluding hydrogens is 346 g/mol. The minimum atomic E-state index is -3.74. The summed E-state index contributed by atoms with van der Waals surface area (Å²) in [5.74, 6) is 0.551. The van der Waals surface area contributed by atoms with Gasteiger partial charge in [0.05, 0.1) is 18.5 Å². The molecule has 0 spiro atoms. The predicted molar refractivity (Wildman–Crippen MR) is 80.2 cm³/mol. The summed E-state index contributed by atoms with van der Waals surface area (Å²) >= 11 is 3.18. The van der Waals surface area contributed by atoms with Gasteiger partial charge in [-0.1, -0.05) is 0 Å². The average Bonchev–Trinajstić information content (AvgIpc) is 2.41. The maximum atomic E-state index is 12.2. The van der Waals surface area contributed by atoms with Gasteiger partial charge in [-0.3, -0.25) is 9.71 Å². The highest BCUT2D eigenvalue weighted by Crippen LogP contribution is 2.26. The Morgan fingerprint density at radius 1 is 1.30 bits per heavy atom. The van der Waals surface area contributed by atoms with Crippen LogP contribution in [0.2, 0.25) is 0 Å². The summed E-state index contributed by atoms with van der Waals surface area (Å²) < 4.78 is 32.4. The second-order valence-corrected chi connectivity index (χ2v) is 6.50. The van der Waals surface area contributed by atoms with Crippen LogP contribution < -0.4 is 15.2 Å². The fourth-order valence-electron chi connectivity index (χ4n) is 1.50. The van der Waals surface area contributed by atoms with E-state index in [0.29, 0.717) is 10.2 Å². The molecule has 2 rings (SSSR count). The molecule has 0 aliphatic heterocycles. The zero-order valence-electron chi connectivity index (χ0n) is 10.5. The number of benzene rings is 1. The van der Waals surface area contributed by atoms with Crippen LogP contribution in [0.3, 0.4) is 0 Å². The van der Waals surface area contributed by atoms with E-state index in [-0.39, 0.29) is 16.3 Å². The molecule has 106 valence electrons. The van der Waals surface area contributed by atoms with Crippen LogP contribution >= 0.6 is 15.9 Å². The molecule has 0 amide bonds. The van der Waals surface area contributed by atoms with E-state index in [2.05, 4.69) is 25.6 Å². The van der Waals surface area contributed by atoms with E-state index in [1.807, 2.05) is 0 Å². The van der Waals surface area contributed by atoms with Crippen molar-refractivity contribution in [1.29, 1.82) is 0 Å². The van der Waals surface area contributed by atoms with Gasteiger partial charge in [0.2, 0.25) is 0 Å². The van der Waals surface area contributed by atoms with Crippen molar-refractivity contribution < 1.29 is 13.2 Å². The molecule has 0 aliphatic carbocycles. The highest BCUT2D eigenvalue weighted by molar-refractivity contribution is 9.10. The second kappa shape index (κ2) is 5.68. The summed E-state index contributed by atoms with van der Waals surface area (Å²) in [5, 5.41) is 0. The standard InChI is InChI=1S/C12H12BrN3O3S/c1-19-9-2-3-12(11(14)5-9)16-20(17,18)10-4-8(13)6-15-7-10/h2-7,16H,14H2,1H3. The lowest BCUT2D eigenvalue weighted by molar-refractivity contribution is 0.415. The smallest absolute Gasteiger partial charge is 0.263 e. The predicted octanol–water partition coefficient (Wildman–Crippen LogP) is 2.24.